The van der Waals surface area contributed by atoms with Crippen molar-refractivity contribution in [2.24, 2.45) is 0 Å². The van der Waals surface area contributed by atoms with E-state index in [2.05, 4.69) is 20.5 Å². The summed E-state index contributed by atoms with van der Waals surface area (Å²) in [5, 5.41) is 22.1. The van der Waals surface area contributed by atoms with E-state index in [1.807, 2.05) is 0 Å². The minimum atomic E-state index is -0.581. The zero-order valence-electron chi connectivity index (χ0n) is 15.3. The molecule has 0 aliphatic carbocycles. The molecule has 0 radical (unpaired) electrons. The minimum Gasteiger partial charge on any atom is -0.494 e. The van der Waals surface area contributed by atoms with E-state index in [-0.39, 0.29) is 17.1 Å². The number of rotatable bonds is 8. The van der Waals surface area contributed by atoms with Gasteiger partial charge in [-0.05, 0) is 31.2 Å². The van der Waals surface area contributed by atoms with Crippen LogP contribution in [0.15, 0.2) is 47.9 Å². The molecule has 11 nitrogen and oxygen atoms in total. The van der Waals surface area contributed by atoms with Crippen LogP contribution < -0.4 is 15.9 Å². The van der Waals surface area contributed by atoms with Crippen molar-refractivity contribution in [3.05, 3.63) is 52.8 Å². The highest BCUT2D eigenvalue weighted by Crippen LogP contribution is 2.29. The van der Waals surface area contributed by atoms with E-state index < -0.39 is 10.8 Å². The molecule has 0 saturated carbocycles. The van der Waals surface area contributed by atoms with Gasteiger partial charge in [0, 0.05) is 18.0 Å². The number of amides is 1. The molecule has 0 aliphatic rings. The highest BCUT2D eigenvalue weighted by atomic mass is 32.2. The van der Waals surface area contributed by atoms with Gasteiger partial charge in [0.05, 0.1) is 23.3 Å². The second-order valence-corrected chi connectivity index (χ2v) is 6.57. The molecule has 0 saturated heterocycles. The number of nitrogens with zero attached hydrogens (tertiary/aromatic N) is 5. The fourth-order valence-electron chi connectivity index (χ4n) is 2.41. The molecule has 2 heterocycles. The average molecular weight is 415 g/mol. The summed E-state index contributed by atoms with van der Waals surface area (Å²) in [6, 6.07) is 7.77. The number of nitro groups is 1. The third kappa shape index (κ3) is 4.79. The first-order chi connectivity index (χ1) is 14.0. The number of hydrogen-bond donors (Lipinski definition) is 2. The van der Waals surface area contributed by atoms with Gasteiger partial charge < -0.3 is 15.9 Å². The molecular weight excluding hydrogens is 398 g/mol. The Hall–Kier alpha value is -3.67. The van der Waals surface area contributed by atoms with Gasteiger partial charge in [-0.15, -0.1) is 10.2 Å². The van der Waals surface area contributed by atoms with Crippen LogP contribution in [-0.4, -0.2) is 43.0 Å². The lowest BCUT2D eigenvalue weighted by Crippen LogP contribution is -2.17. The van der Waals surface area contributed by atoms with E-state index in [0.29, 0.717) is 28.9 Å². The molecule has 3 N–H and O–H groups in total. The first kappa shape index (κ1) is 20.1. The number of aromatic nitrogens is 4. The number of benzene rings is 1. The third-order valence-corrected chi connectivity index (χ3v) is 4.61. The molecule has 0 aliphatic heterocycles. The van der Waals surface area contributed by atoms with Crippen molar-refractivity contribution in [1.29, 1.82) is 0 Å². The lowest BCUT2D eigenvalue weighted by atomic mass is 10.2. The van der Waals surface area contributed by atoms with Gasteiger partial charge in [-0.25, -0.2) is 4.68 Å². The van der Waals surface area contributed by atoms with Gasteiger partial charge in [-0.2, -0.15) is 0 Å². The lowest BCUT2D eigenvalue weighted by Gasteiger charge is -2.08. The molecule has 3 rings (SSSR count). The van der Waals surface area contributed by atoms with Crippen LogP contribution in [0.3, 0.4) is 0 Å². The zero-order chi connectivity index (χ0) is 20.8. The quantitative estimate of drug-likeness (QED) is 0.244. The Balaban J connectivity index is 1.67. The summed E-state index contributed by atoms with van der Waals surface area (Å²) in [7, 11) is 0. The summed E-state index contributed by atoms with van der Waals surface area (Å²) < 4.78 is 6.51. The van der Waals surface area contributed by atoms with Gasteiger partial charge in [-0.1, -0.05) is 11.8 Å². The van der Waals surface area contributed by atoms with Crippen LogP contribution in [0.25, 0.3) is 11.4 Å². The number of anilines is 1. The number of nitrogens with two attached hydrogens (primary N) is 1. The Morgan fingerprint density at radius 3 is 2.90 bits per heavy atom. The van der Waals surface area contributed by atoms with Crippen molar-refractivity contribution in [1.82, 2.24) is 19.9 Å². The molecule has 2 aromatic heterocycles. The van der Waals surface area contributed by atoms with E-state index >= 15 is 0 Å². The number of nitrogens with one attached hydrogen (secondary N) is 1. The van der Waals surface area contributed by atoms with Gasteiger partial charge in [0.2, 0.25) is 11.1 Å². The molecule has 0 fully saturated rings. The summed E-state index contributed by atoms with van der Waals surface area (Å²) in [6.07, 6.45) is 3.22. The van der Waals surface area contributed by atoms with Crippen molar-refractivity contribution >= 4 is 29.0 Å². The van der Waals surface area contributed by atoms with Crippen molar-refractivity contribution in [2.45, 2.75) is 12.1 Å². The van der Waals surface area contributed by atoms with E-state index in [1.165, 1.54) is 16.8 Å². The monoisotopic (exact) mass is 415 g/mol. The predicted octanol–water partition coefficient (Wildman–Crippen LogP) is 2.09. The molecule has 29 heavy (non-hydrogen) atoms. The van der Waals surface area contributed by atoms with Crippen LogP contribution in [0.2, 0.25) is 0 Å². The molecule has 150 valence electrons. The molecule has 0 spiro atoms. The number of pyridine rings is 1. The number of nitrogen functional groups attached to an aromatic ring is 1. The van der Waals surface area contributed by atoms with E-state index in [9.17, 15) is 14.9 Å². The van der Waals surface area contributed by atoms with Crippen LogP contribution in [-0.2, 0) is 4.79 Å². The van der Waals surface area contributed by atoms with Crippen LogP contribution in [0, 0.1) is 10.1 Å². The third-order valence-electron chi connectivity index (χ3n) is 3.67. The van der Waals surface area contributed by atoms with E-state index in [4.69, 9.17) is 10.6 Å². The lowest BCUT2D eigenvalue weighted by molar-refractivity contribution is -0.384. The molecule has 1 aromatic carbocycles. The maximum Gasteiger partial charge on any atom is 0.296 e. The number of ether oxygens (including phenoxy) is 1. The molecule has 0 bridgehead atoms. The molecule has 3 aromatic rings. The topological polar surface area (TPSA) is 151 Å². The number of nitro benzene ring substituents is 1. The normalized spacial score (nSPS) is 10.5. The standard InChI is InChI=1S/C17H17N7O4S/c1-2-28-12-5-6-13(14(8-12)24(26)27)20-15(25)10-29-17-22-21-16(23(17)18)11-4-3-7-19-9-11/h3-9H,2,10,18H2,1H3,(H,20,25). The predicted molar refractivity (Wildman–Crippen MR) is 107 cm³/mol. The van der Waals surface area contributed by atoms with Crippen molar-refractivity contribution < 1.29 is 14.5 Å². The average Bonchev–Trinajstić information content (AvgIpc) is 3.08. The number of carbonyl (C=O) groups is 1. The zero-order valence-corrected chi connectivity index (χ0v) is 16.1. The SMILES string of the molecule is CCOc1ccc(NC(=O)CSc2nnc(-c3cccnc3)n2N)c([N+](=O)[O-])c1. The summed E-state index contributed by atoms with van der Waals surface area (Å²) in [6.45, 7) is 2.15. The Labute approximate surface area is 169 Å². The highest BCUT2D eigenvalue weighted by Gasteiger charge is 2.19. The maximum absolute atomic E-state index is 12.3. The Bertz CT molecular complexity index is 1030. The first-order valence-corrected chi connectivity index (χ1v) is 9.43. The van der Waals surface area contributed by atoms with E-state index in [0.717, 1.165) is 11.8 Å². The van der Waals surface area contributed by atoms with Crippen LogP contribution in [0.5, 0.6) is 5.75 Å². The molecule has 12 heteroatoms. The van der Waals surface area contributed by atoms with Crippen LogP contribution in [0.4, 0.5) is 11.4 Å². The number of thioether (sulfide) groups is 1. The molecular formula is C17H17N7O4S. The maximum atomic E-state index is 12.3. The largest absolute Gasteiger partial charge is 0.494 e. The van der Waals surface area contributed by atoms with Gasteiger partial charge in [0.25, 0.3) is 5.69 Å². The van der Waals surface area contributed by atoms with Crippen LogP contribution in [0.1, 0.15) is 6.92 Å². The van der Waals surface area contributed by atoms with Gasteiger partial charge >= 0.3 is 0 Å². The Kier molecular flexibility index (Phi) is 6.24. The number of hydrogen-bond acceptors (Lipinski definition) is 9. The molecule has 0 atom stereocenters. The summed E-state index contributed by atoms with van der Waals surface area (Å²) in [5.41, 5.74) is 0.508. The molecule has 1 amide bonds. The Morgan fingerprint density at radius 2 is 2.21 bits per heavy atom. The van der Waals surface area contributed by atoms with Gasteiger partial charge in [0.1, 0.15) is 11.4 Å². The smallest absolute Gasteiger partial charge is 0.296 e. The summed E-state index contributed by atoms with van der Waals surface area (Å²) in [5.74, 6) is 6.24. The van der Waals surface area contributed by atoms with Crippen molar-refractivity contribution in [2.75, 3.05) is 23.5 Å². The Morgan fingerprint density at radius 1 is 1.38 bits per heavy atom. The van der Waals surface area contributed by atoms with Crippen molar-refractivity contribution in [3.8, 4) is 17.1 Å². The summed E-state index contributed by atoms with van der Waals surface area (Å²) in [4.78, 5) is 27.0. The summed E-state index contributed by atoms with van der Waals surface area (Å²) >= 11 is 1.05. The highest BCUT2D eigenvalue weighted by molar-refractivity contribution is 7.99. The van der Waals surface area contributed by atoms with E-state index in [1.54, 1.807) is 37.5 Å². The number of carbonyl (C=O) groups excluding carboxylic acids is 1. The fraction of sp³-hybridized carbons (Fsp3) is 0.176. The van der Waals surface area contributed by atoms with Crippen molar-refractivity contribution in [3.63, 3.8) is 0 Å². The van der Waals surface area contributed by atoms with Gasteiger partial charge in [0.15, 0.2) is 5.82 Å². The van der Waals surface area contributed by atoms with Crippen LogP contribution >= 0.6 is 11.8 Å². The fourth-order valence-corrected chi connectivity index (χ4v) is 3.06. The minimum absolute atomic E-state index is 0.0628. The van der Waals surface area contributed by atoms with Gasteiger partial charge in [-0.3, -0.25) is 19.9 Å². The first-order valence-electron chi connectivity index (χ1n) is 8.44. The second-order valence-electron chi connectivity index (χ2n) is 5.62. The molecule has 0 unspecified atom stereocenters. The second kappa shape index (κ2) is 9.01.